The molecule has 0 spiro atoms. The predicted octanol–water partition coefficient (Wildman–Crippen LogP) is 3.62. The molecule has 0 aliphatic carbocycles. The highest BCUT2D eigenvalue weighted by Gasteiger charge is 2.18. The minimum atomic E-state index is 0.782. The lowest BCUT2D eigenvalue weighted by atomic mass is 10.1. The monoisotopic (exact) mass is 286 g/mol. The topological polar surface area (TPSA) is 15.3 Å². The van der Waals surface area contributed by atoms with E-state index in [2.05, 4.69) is 49.7 Å². The highest BCUT2D eigenvalue weighted by atomic mass is 32.2. The van der Waals surface area contributed by atoms with Crippen LogP contribution >= 0.6 is 11.8 Å². The molecule has 0 aromatic rings. The maximum absolute atomic E-state index is 3.45. The molecule has 0 saturated carbocycles. The summed E-state index contributed by atoms with van der Waals surface area (Å²) < 4.78 is 0. The first-order chi connectivity index (χ1) is 9.17. The van der Waals surface area contributed by atoms with E-state index in [0.29, 0.717) is 0 Å². The number of nitrogens with zero attached hydrogens (tertiary/aromatic N) is 1. The third-order valence-corrected chi connectivity index (χ3v) is 5.44. The molecule has 3 heteroatoms. The van der Waals surface area contributed by atoms with E-state index in [4.69, 9.17) is 0 Å². The summed E-state index contributed by atoms with van der Waals surface area (Å²) in [5.74, 6) is 2.10. The van der Waals surface area contributed by atoms with Gasteiger partial charge in [0.2, 0.25) is 0 Å². The molecule has 19 heavy (non-hydrogen) atoms. The average Bonchev–Trinajstić information content (AvgIpc) is 2.40. The van der Waals surface area contributed by atoms with Crippen molar-refractivity contribution in [3.05, 3.63) is 0 Å². The second-order valence-corrected chi connectivity index (χ2v) is 7.59. The molecule has 0 unspecified atom stereocenters. The van der Waals surface area contributed by atoms with Gasteiger partial charge in [-0.2, -0.15) is 11.8 Å². The van der Waals surface area contributed by atoms with Crippen LogP contribution in [0.2, 0.25) is 0 Å². The second kappa shape index (κ2) is 10.1. The van der Waals surface area contributed by atoms with Gasteiger partial charge >= 0.3 is 0 Å². The van der Waals surface area contributed by atoms with Crippen LogP contribution in [0.4, 0.5) is 0 Å². The molecule has 0 aromatic carbocycles. The van der Waals surface area contributed by atoms with Gasteiger partial charge in [0.05, 0.1) is 0 Å². The molecule has 0 aromatic heterocycles. The quantitative estimate of drug-likeness (QED) is 0.697. The Labute approximate surface area is 125 Å². The van der Waals surface area contributed by atoms with Gasteiger partial charge in [0.15, 0.2) is 0 Å². The molecule has 0 radical (unpaired) electrons. The van der Waals surface area contributed by atoms with Crippen molar-refractivity contribution in [2.24, 2.45) is 5.92 Å². The van der Waals surface area contributed by atoms with Crippen molar-refractivity contribution < 1.29 is 0 Å². The number of rotatable bonds is 9. The van der Waals surface area contributed by atoms with Crippen LogP contribution in [0.15, 0.2) is 0 Å². The van der Waals surface area contributed by atoms with Crippen molar-refractivity contribution in [1.29, 1.82) is 0 Å². The Balaban J connectivity index is 2.30. The van der Waals surface area contributed by atoms with Crippen LogP contribution in [-0.4, -0.2) is 48.1 Å². The lowest BCUT2D eigenvalue weighted by Gasteiger charge is -2.32. The SMILES string of the molecule is CCC(CC)N(CCSC1CCNCC1)CC(C)C. The molecular weight excluding hydrogens is 252 g/mol. The molecule has 0 amide bonds. The summed E-state index contributed by atoms with van der Waals surface area (Å²) in [5, 5.41) is 4.36. The largest absolute Gasteiger partial charge is 0.317 e. The first-order valence-electron chi connectivity index (χ1n) is 8.23. The lowest BCUT2D eigenvalue weighted by molar-refractivity contribution is 0.176. The first kappa shape index (κ1) is 17.3. The van der Waals surface area contributed by atoms with Crippen LogP contribution in [-0.2, 0) is 0 Å². The highest BCUT2D eigenvalue weighted by molar-refractivity contribution is 7.99. The van der Waals surface area contributed by atoms with E-state index in [0.717, 1.165) is 17.2 Å². The van der Waals surface area contributed by atoms with Crippen molar-refractivity contribution in [1.82, 2.24) is 10.2 Å². The Morgan fingerprint density at radius 3 is 2.32 bits per heavy atom. The van der Waals surface area contributed by atoms with Crippen LogP contribution in [0.1, 0.15) is 53.4 Å². The first-order valence-corrected chi connectivity index (χ1v) is 9.28. The van der Waals surface area contributed by atoms with Crippen molar-refractivity contribution in [3.63, 3.8) is 0 Å². The molecule has 0 atom stereocenters. The van der Waals surface area contributed by atoms with Crippen molar-refractivity contribution in [2.45, 2.75) is 64.7 Å². The zero-order valence-corrected chi connectivity index (χ0v) is 14.3. The number of nitrogens with one attached hydrogen (secondary N) is 1. The number of thioether (sulfide) groups is 1. The van der Waals surface area contributed by atoms with Crippen molar-refractivity contribution in [2.75, 3.05) is 31.9 Å². The molecule has 1 heterocycles. The predicted molar refractivity (Wildman–Crippen MR) is 89.1 cm³/mol. The fourth-order valence-electron chi connectivity index (χ4n) is 3.00. The lowest BCUT2D eigenvalue weighted by Crippen LogP contribution is -2.39. The maximum atomic E-state index is 3.45. The molecule has 1 fully saturated rings. The third kappa shape index (κ3) is 7.01. The van der Waals surface area contributed by atoms with E-state index in [9.17, 15) is 0 Å². The summed E-state index contributed by atoms with van der Waals surface area (Å²) in [7, 11) is 0. The molecule has 0 bridgehead atoms. The Morgan fingerprint density at radius 2 is 1.79 bits per heavy atom. The molecule has 1 aliphatic rings. The minimum Gasteiger partial charge on any atom is -0.317 e. The molecule has 1 saturated heterocycles. The zero-order valence-electron chi connectivity index (χ0n) is 13.5. The minimum absolute atomic E-state index is 0.782. The number of hydrogen-bond donors (Lipinski definition) is 1. The third-order valence-electron chi connectivity index (χ3n) is 4.08. The Bertz CT molecular complexity index is 211. The molecular formula is C16H34N2S. The van der Waals surface area contributed by atoms with Crippen molar-refractivity contribution >= 4 is 11.8 Å². The molecule has 2 nitrogen and oxygen atoms in total. The van der Waals surface area contributed by atoms with Gasteiger partial charge in [0, 0.05) is 30.1 Å². The summed E-state index contributed by atoms with van der Waals surface area (Å²) in [4.78, 5) is 2.73. The molecule has 1 N–H and O–H groups in total. The van der Waals surface area contributed by atoms with Crippen LogP contribution in [0.3, 0.4) is 0 Å². The Kier molecular flexibility index (Phi) is 9.17. The standard InChI is InChI=1S/C16H34N2S/c1-5-15(6-2)18(13-14(3)4)11-12-19-16-7-9-17-10-8-16/h14-17H,5-13H2,1-4H3. The van der Waals surface area contributed by atoms with Gasteiger partial charge in [0.25, 0.3) is 0 Å². The molecule has 1 aliphatic heterocycles. The normalized spacial score (nSPS) is 17.8. The van der Waals surface area contributed by atoms with E-state index < -0.39 is 0 Å². The maximum Gasteiger partial charge on any atom is 0.00904 e. The fraction of sp³-hybridized carbons (Fsp3) is 1.00. The zero-order chi connectivity index (χ0) is 14.1. The second-order valence-electron chi connectivity index (χ2n) is 6.18. The van der Waals surface area contributed by atoms with E-state index in [-0.39, 0.29) is 0 Å². The Hall–Kier alpha value is 0.270. The average molecular weight is 287 g/mol. The summed E-state index contributed by atoms with van der Waals surface area (Å²) in [6, 6.07) is 0.788. The smallest absolute Gasteiger partial charge is 0.00904 e. The summed E-state index contributed by atoms with van der Waals surface area (Å²) in [5.41, 5.74) is 0. The van der Waals surface area contributed by atoms with Gasteiger partial charge in [-0.3, -0.25) is 4.90 Å². The van der Waals surface area contributed by atoms with E-state index in [1.165, 1.54) is 57.6 Å². The van der Waals surface area contributed by atoms with Gasteiger partial charge in [-0.05, 0) is 44.7 Å². The summed E-state index contributed by atoms with van der Waals surface area (Å²) in [6.45, 7) is 14.3. The number of hydrogen-bond acceptors (Lipinski definition) is 3. The van der Waals surface area contributed by atoms with Crippen LogP contribution < -0.4 is 5.32 Å². The summed E-state index contributed by atoms with van der Waals surface area (Å²) in [6.07, 6.45) is 5.31. The van der Waals surface area contributed by atoms with Gasteiger partial charge < -0.3 is 5.32 Å². The highest BCUT2D eigenvalue weighted by Crippen LogP contribution is 2.21. The van der Waals surface area contributed by atoms with Gasteiger partial charge in [-0.25, -0.2) is 0 Å². The van der Waals surface area contributed by atoms with Crippen LogP contribution in [0.5, 0.6) is 0 Å². The fourth-order valence-corrected chi connectivity index (χ4v) is 4.24. The van der Waals surface area contributed by atoms with Gasteiger partial charge in [-0.1, -0.05) is 27.7 Å². The van der Waals surface area contributed by atoms with Crippen molar-refractivity contribution in [3.8, 4) is 0 Å². The molecule has 114 valence electrons. The Morgan fingerprint density at radius 1 is 1.16 bits per heavy atom. The van der Waals surface area contributed by atoms with E-state index >= 15 is 0 Å². The van der Waals surface area contributed by atoms with Crippen LogP contribution in [0.25, 0.3) is 0 Å². The molecule has 1 rings (SSSR count). The van der Waals surface area contributed by atoms with Gasteiger partial charge in [-0.15, -0.1) is 0 Å². The summed E-state index contributed by atoms with van der Waals surface area (Å²) >= 11 is 2.21. The van der Waals surface area contributed by atoms with E-state index in [1.54, 1.807) is 0 Å². The number of piperidine rings is 1. The van der Waals surface area contributed by atoms with Gasteiger partial charge in [0.1, 0.15) is 0 Å². The van der Waals surface area contributed by atoms with E-state index in [1.807, 2.05) is 0 Å². The van der Waals surface area contributed by atoms with Crippen LogP contribution in [0, 0.1) is 5.92 Å².